The third kappa shape index (κ3) is 3.68. The van der Waals surface area contributed by atoms with E-state index in [0.717, 1.165) is 4.57 Å². The minimum absolute atomic E-state index is 0.102. The van der Waals surface area contributed by atoms with E-state index in [0.29, 0.717) is 10.9 Å². The number of urea groups is 1. The van der Waals surface area contributed by atoms with Crippen LogP contribution >= 0.6 is 0 Å². The van der Waals surface area contributed by atoms with Gasteiger partial charge in [0, 0.05) is 29.1 Å². The average Bonchev–Trinajstić information content (AvgIpc) is 2.84. The second-order valence-electron chi connectivity index (χ2n) is 7.69. The fraction of sp³-hybridized carbons (Fsp3) is 0.368. The smallest absolute Gasteiger partial charge is 0.341 e. The predicted molar refractivity (Wildman–Crippen MR) is 103 cm³/mol. The van der Waals surface area contributed by atoms with Crippen LogP contribution in [0.25, 0.3) is 10.8 Å². The van der Waals surface area contributed by atoms with Crippen molar-refractivity contribution in [3.05, 3.63) is 23.8 Å². The monoisotopic (exact) mass is 386 g/mol. The number of hydrogen-bond acceptors (Lipinski definition) is 5. The molecule has 1 aromatic heterocycles. The number of carbonyl (C=O) groups is 3. The lowest BCUT2D eigenvalue weighted by molar-refractivity contribution is -0.135. The third-order valence-electron chi connectivity index (χ3n) is 4.34. The van der Waals surface area contributed by atoms with Crippen LogP contribution in [0.5, 0.6) is 11.8 Å². The van der Waals surface area contributed by atoms with Crippen molar-refractivity contribution in [1.82, 2.24) is 15.2 Å². The number of nitrogens with one attached hydrogen (secondary N) is 2. The molecule has 9 nitrogen and oxygen atoms in total. The number of aromatic nitrogens is 1. The zero-order valence-electron chi connectivity index (χ0n) is 15.8. The molecule has 1 fully saturated rings. The maximum Gasteiger partial charge on any atom is 0.341 e. The van der Waals surface area contributed by atoms with Crippen molar-refractivity contribution in [2.75, 3.05) is 0 Å². The van der Waals surface area contributed by atoms with E-state index in [2.05, 4.69) is 15.6 Å². The van der Waals surface area contributed by atoms with Gasteiger partial charge in [0.05, 0.1) is 5.39 Å². The Bertz CT molecular complexity index is 1000. The maximum atomic E-state index is 12.2. The van der Waals surface area contributed by atoms with E-state index < -0.39 is 29.4 Å². The van der Waals surface area contributed by atoms with Crippen molar-refractivity contribution in [1.29, 1.82) is 0 Å². The number of hydrogen-bond donors (Lipinski definition) is 4. The van der Waals surface area contributed by atoms with Gasteiger partial charge in [-0.05, 0) is 33.3 Å². The van der Waals surface area contributed by atoms with Crippen LogP contribution in [0.2, 0.25) is 0 Å². The molecule has 1 atom stereocenters. The van der Waals surface area contributed by atoms with Crippen molar-refractivity contribution < 1.29 is 24.6 Å². The van der Waals surface area contributed by atoms with Crippen LogP contribution in [0.4, 0.5) is 4.79 Å². The van der Waals surface area contributed by atoms with Crippen LogP contribution in [0, 0.1) is 0 Å². The topological polar surface area (TPSA) is 133 Å². The lowest BCUT2D eigenvalue weighted by atomic mass is 10.1. The Labute approximate surface area is 161 Å². The highest BCUT2D eigenvalue weighted by Gasteiger charge is 2.33. The van der Waals surface area contributed by atoms with Crippen molar-refractivity contribution in [2.24, 2.45) is 4.99 Å². The number of imide groups is 1. The number of nitrogens with zero attached hydrogens (tertiary/aromatic N) is 2. The lowest BCUT2D eigenvalue weighted by Gasteiger charge is -2.23. The summed E-state index contributed by atoms with van der Waals surface area (Å²) in [5.41, 5.74) is -0.0453. The molecule has 0 spiro atoms. The molecule has 148 valence electrons. The summed E-state index contributed by atoms with van der Waals surface area (Å²) in [7, 11) is 0. The molecular formula is C19H22N4O5. The summed E-state index contributed by atoms with van der Waals surface area (Å²) in [6.07, 6.45) is 1.55. The van der Waals surface area contributed by atoms with E-state index in [1.54, 1.807) is 18.2 Å². The fourth-order valence-corrected chi connectivity index (χ4v) is 3.17. The highest BCUT2D eigenvalue weighted by Crippen LogP contribution is 2.41. The quantitative estimate of drug-likeness (QED) is 0.462. The first-order chi connectivity index (χ1) is 13.1. The highest BCUT2D eigenvalue weighted by atomic mass is 16.3. The van der Waals surface area contributed by atoms with Crippen LogP contribution in [0.3, 0.4) is 0 Å². The zero-order chi connectivity index (χ0) is 20.6. The molecule has 1 saturated heterocycles. The Morgan fingerprint density at radius 3 is 2.64 bits per heavy atom. The number of rotatable bonds is 2. The van der Waals surface area contributed by atoms with Crippen LogP contribution in [-0.2, 0) is 9.59 Å². The molecule has 4 amide bonds. The SMILES string of the molecule is CC(C)(C)NC(=O)N=Cc1cccc2c(O)n([C@H]3CCC(=O)NC3=O)c(O)c12. The summed E-state index contributed by atoms with van der Waals surface area (Å²) < 4.78 is 1.10. The first-order valence-electron chi connectivity index (χ1n) is 8.83. The number of benzene rings is 1. The number of amides is 4. The van der Waals surface area contributed by atoms with E-state index in [-0.39, 0.29) is 30.0 Å². The number of fused-ring (bicyclic) bond motifs is 1. The van der Waals surface area contributed by atoms with Gasteiger partial charge in [-0.2, -0.15) is 0 Å². The number of carbonyl (C=O) groups excluding carboxylic acids is 3. The van der Waals surface area contributed by atoms with Gasteiger partial charge in [-0.15, -0.1) is 0 Å². The van der Waals surface area contributed by atoms with Crippen LogP contribution < -0.4 is 10.6 Å². The normalized spacial score (nSPS) is 17.9. The lowest BCUT2D eigenvalue weighted by Crippen LogP contribution is -2.41. The third-order valence-corrected chi connectivity index (χ3v) is 4.34. The fourth-order valence-electron chi connectivity index (χ4n) is 3.17. The Morgan fingerprint density at radius 2 is 2.00 bits per heavy atom. The molecule has 2 heterocycles. The van der Waals surface area contributed by atoms with Gasteiger partial charge in [-0.3, -0.25) is 19.5 Å². The molecule has 0 bridgehead atoms. The Balaban J connectivity index is 2.02. The predicted octanol–water partition coefficient (Wildman–Crippen LogP) is 1.96. The van der Waals surface area contributed by atoms with E-state index >= 15 is 0 Å². The largest absolute Gasteiger partial charge is 0.494 e. The number of piperidine rings is 1. The molecule has 0 radical (unpaired) electrons. The molecule has 1 aliphatic heterocycles. The second kappa shape index (κ2) is 6.99. The molecule has 0 aliphatic carbocycles. The summed E-state index contributed by atoms with van der Waals surface area (Å²) in [6, 6.07) is 3.39. The van der Waals surface area contributed by atoms with Crippen molar-refractivity contribution >= 4 is 34.8 Å². The van der Waals surface area contributed by atoms with Crippen molar-refractivity contribution in [2.45, 2.75) is 45.2 Å². The standard InChI is InChI=1S/C19H22N4O5/c1-19(2,3)22-18(28)20-9-10-5-4-6-11-14(10)17(27)23(16(11)26)12-7-8-13(24)21-15(12)25/h4-6,9,12,26-27H,7-8H2,1-3H3,(H,22,28)(H,21,24,25)/t12-/m0/s1. The first-order valence-corrected chi connectivity index (χ1v) is 8.83. The highest BCUT2D eigenvalue weighted by molar-refractivity contribution is 6.08. The summed E-state index contributed by atoms with van der Waals surface area (Å²) in [4.78, 5) is 39.3. The maximum absolute atomic E-state index is 12.2. The molecule has 3 rings (SSSR count). The van der Waals surface area contributed by atoms with Gasteiger partial charge in [-0.25, -0.2) is 9.79 Å². The summed E-state index contributed by atoms with van der Waals surface area (Å²) in [5, 5.41) is 26.8. The van der Waals surface area contributed by atoms with Gasteiger partial charge in [0.1, 0.15) is 6.04 Å². The Morgan fingerprint density at radius 1 is 1.29 bits per heavy atom. The van der Waals surface area contributed by atoms with Crippen molar-refractivity contribution in [3.63, 3.8) is 0 Å². The van der Waals surface area contributed by atoms with E-state index in [1.807, 2.05) is 20.8 Å². The summed E-state index contributed by atoms with van der Waals surface area (Å²) >= 11 is 0. The molecular weight excluding hydrogens is 364 g/mol. The van der Waals surface area contributed by atoms with Gasteiger partial charge in [0.25, 0.3) is 0 Å². The summed E-state index contributed by atoms with van der Waals surface area (Å²) in [5.74, 6) is -1.62. The van der Waals surface area contributed by atoms with Gasteiger partial charge >= 0.3 is 6.03 Å². The summed E-state index contributed by atoms with van der Waals surface area (Å²) in [6.45, 7) is 5.47. The Hall–Kier alpha value is -3.36. The zero-order valence-corrected chi connectivity index (χ0v) is 15.8. The van der Waals surface area contributed by atoms with Gasteiger partial charge in [-0.1, -0.05) is 12.1 Å². The van der Waals surface area contributed by atoms with Crippen molar-refractivity contribution in [3.8, 4) is 11.8 Å². The molecule has 28 heavy (non-hydrogen) atoms. The number of aliphatic imine (C=N–C) groups is 1. The minimum Gasteiger partial charge on any atom is -0.494 e. The molecule has 4 N–H and O–H groups in total. The van der Waals surface area contributed by atoms with E-state index in [4.69, 9.17) is 0 Å². The molecule has 1 aromatic carbocycles. The molecule has 0 unspecified atom stereocenters. The van der Waals surface area contributed by atoms with E-state index in [9.17, 15) is 24.6 Å². The molecule has 2 aromatic rings. The molecule has 9 heteroatoms. The molecule has 0 saturated carbocycles. The van der Waals surface area contributed by atoms with Crippen LogP contribution in [-0.4, -0.2) is 44.4 Å². The number of aromatic hydroxyl groups is 2. The Kier molecular flexibility index (Phi) is 4.84. The molecule has 1 aliphatic rings. The van der Waals surface area contributed by atoms with Crippen LogP contribution in [0.15, 0.2) is 23.2 Å². The first kappa shape index (κ1) is 19.4. The average molecular weight is 386 g/mol. The van der Waals surface area contributed by atoms with E-state index in [1.165, 1.54) is 6.21 Å². The van der Waals surface area contributed by atoms with Crippen LogP contribution in [0.1, 0.15) is 45.2 Å². The second-order valence-corrected chi connectivity index (χ2v) is 7.69. The van der Waals surface area contributed by atoms with Gasteiger partial charge < -0.3 is 15.5 Å². The van der Waals surface area contributed by atoms with Gasteiger partial charge in [0.2, 0.25) is 23.6 Å². The van der Waals surface area contributed by atoms with Gasteiger partial charge in [0.15, 0.2) is 0 Å². The minimum atomic E-state index is -0.918.